The first-order valence-corrected chi connectivity index (χ1v) is 5.97. The molecule has 90 valence electrons. The van der Waals surface area contributed by atoms with Gasteiger partial charge in [0, 0.05) is 6.20 Å². The molecule has 1 atom stereocenters. The van der Waals surface area contributed by atoms with E-state index in [1.165, 1.54) is 11.1 Å². The van der Waals surface area contributed by atoms with E-state index in [1.807, 2.05) is 25.4 Å². The van der Waals surface area contributed by atoms with Crippen LogP contribution in [0, 0.1) is 0 Å². The van der Waals surface area contributed by atoms with Gasteiger partial charge in [-0.3, -0.25) is 4.98 Å². The maximum Gasteiger partial charge on any atom is 0.0935 e. The Bertz CT molecular complexity index is 451. The number of aromatic nitrogens is 1. The minimum Gasteiger partial charge on any atom is -0.472 e. The number of aryl methyl sites for hydroxylation is 1. The van der Waals surface area contributed by atoms with E-state index in [1.54, 1.807) is 12.5 Å². The van der Waals surface area contributed by atoms with Gasteiger partial charge in [0.25, 0.3) is 0 Å². The predicted molar refractivity (Wildman–Crippen MR) is 67.8 cm³/mol. The van der Waals surface area contributed by atoms with E-state index in [4.69, 9.17) is 4.42 Å². The molecule has 2 rings (SSSR count). The molecule has 0 aromatic carbocycles. The average Bonchev–Trinajstić information content (AvgIpc) is 2.89. The van der Waals surface area contributed by atoms with Gasteiger partial charge in [0.05, 0.1) is 24.3 Å². The molecule has 0 spiro atoms. The van der Waals surface area contributed by atoms with E-state index < -0.39 is 0 Å². The maximum atomic E-state index is 5.10. The van der Waals surface area contributed by atoms with Crippen molar-refractivity contribution in [3.63, 3.8) is 0 Å². The summed E-state index contributed by atoms with van der Waals surface area (Å²) in [5.41, 5.74) is 3.63. The van der Waals surface area contributed by atoms with Gasteiger partial charge in [-0.1, -0.05) is 13.0 Å². The first-order chi connectivity index (χ1) is 8.35. The lowest BCUT2D eigenvalue weighted by Crippen LogP contribution is -2.21. The van der Waals surface area contributed by atoms with Gasteiger partial charge in [-0.2, -0.15) is 0 Å². The third-order valence-corrected chi connectivity index (χ3v) is 3.01. The first kappa shape index (κ1) is 11.9. The molecule has 0 aliphatic carbocycles. The highest BCUT2D eigenvalue weighted by Crippen LogP contribution is 2.20. The van der Waals surface area contributed by atoms with Crippen molar-refractivity contribution in [2.24, 2.45) is 0 Å². The normalized spacial score (nSPS) is 12.6. The second-order valence-electron chi connectivity index (χ2n) is 4.08. The van der Waals surface area contributed by atoms with Crippen LogP contribution in [0.15, 0.2) is 41.3 Å². The van der Waals surface area contributed by atoms with Crippen LogP contribution in [0.25, 0.3) is 0 Å². The molecule has 0 aliphatic rings. The van der Waals surface area contributed by atoms with E-state index in [9.17, 15) is 0 Å². The quantitative estimate of drug-likeness (QED) is 0.858. The third kappa shape index (κ3) is 2.74. The molecule has 0 saturated heterocycles. The van der Waals surface area contributed by atoms with Crippen molar-refractivity contribution in [2.45, 2.75) is 25.8 Å². The fourth-order valence-corrected chi connectivity index (χ4v) is 2.04. The second-order valence-corrected chi connectivity index (χ2v) is 4.08. The van der Waals surface area contributed by atoms with Gasteiger partial charge in [0.1, 0.15) is 0 Å². The predicted octanol–water partition coefficient (Wildman–Crippen LogP) is 2.74. The number of likely N-dealkylation sites (N-methyl/N-ethyl adjacent to an activating group) is 1. The van der Waals surface area contributed by atoms with Crippen LogP contribution >= 0.6 is 0 Å². The summed E-state index contributed by atoms with van der Waals surface area (Å²) in [7, 11) is 1.97. The Labute approximate surface area is 102 Å². The topological polar surface area (TPSA) is 38.1 Å². The molecule has 0 aliphatic heterocycles. The fraction of sp³-hybridized carbons (Fsp3) is 0.357. The van der Waals surface area contributed by atoms with Crippen LogP contribution in [-0.2, 0) is 12.8 Å². The Kier molecular flexibility index (Phi) is 3.94. The highest BCUT2D eigenvalue weighted by Gasteiger charge is 2.15. The number of hydrogen-bond donors (Lipinski definition) is 1. The van der Waals surface area contributed by atoms with Crippen LogP contribution in [0.4, 0.5) is 0 Å². The van der Waals surface area contributed by atoms with Gasteiger partial charge in [-0.25, -0.2) is 0 Å². The maximum absolute atomic E-state index is 5.10. The summed E-state index contributed by atoms with van der Waals surface area (Å²) in [6.45, 7) is 2.16. The Balaban J connectivity index is 2.22. The van der Waals surface area contributed by atoms with E-state index >= 15 is 0 Å². The van der Waals surface area contributed by atoms with Gasteiger partial charge in [-0.05, 0) is 43.1 Å². The summed E-state index contributed by atoms with van der Waals surface area (Å²) in [4.78, 5) is 4.51. The van der Waals surface area contributed by atoms with E-state index in [2.05, 4.69) is 23.3 Å². The molecule has 1 unspecified atom stereocenters. The van der Waals surface area contributed by atoms with Crippen LogP contribution in [0.3, 0.4) is 0 Å². The molecule has 2 aromatic rings. The number of nitrogens with one attached hydrogen (secondary N) is 1. The molecule has 0 amide bonds. The van der Waals surface area contributed by atoms with Crippen LogP contribution in [-0.4, -0.2) is 12.0 Å². The Morgan fingerprint density at radius 1 is 1.41 bits per heavy atom. The number of nitrogens with zero attached hydrogens (tertiary/aromatic N) is 1. The molecule has 2 heterocycles. The SMILES string of the molecule is CCc1cccnc1C(Cc1ccoc1)NC. The number of rotatable bonds is 5. The zero-order chi connectivity index (χ0) is 12.1. The van der Waals surface area contributed by atoms with Gasteiger partial charge < -0.3 is 9.73 Å². The molecule has 0 radical (unpaired) electrons. The fourth-order valence-electron chi connectivity index (χ4n) is 2.04. The highest BCUT2D eigenvalue weighted by molar-refractivity contribution is 5.24. The molecule has 0 fully saturated rings. The Morgan fingerprint density at radius 3 is 2.94 bits per heavy atom. The average molecular weight is 230 g/mol. The lowest BCUT2D eigenvalue weighted by atomic mass is 10.00. The third-order valence-electron chi connectivity index (χ3n) is 3.01. The summed E-state index contributed by atoms with van der Waals surface area (Å²) >= 11 is 0. The largest absolute Gasteiger partial charge is 0.472 e. The van der Waals surface area contributed by atoms with Gasteiger partial charge in [0.15, 0.2) is 0 Å². The van der Waals surface area contributed by atoms with Crippen LogP contribution in [0.2, 0.25) is 0 Å². The van der Waals surface area contributed by atoms with Crippen molar-refractivity contribution in [2.75, 3.05) is 7.05 Å². The summed E-state index contributed by atoms with van der Waals surface area (Å²) in [6, 6.07) is 6.37. The molecule has 3 nitrogen and oxygen atoms in total. The Hall–Kier alpha value is -1.61. The monoisotopic (exact) mass is 230 g/mol. The van der Waals surface area contributed by atoms with Crippen LogP contribution < -0.4 is 5.32 Å². The molecule has 0 bridgehead atoms. The smallest absolute Gasteiger partial charge is 0.0935 e. The van der Waals surface area contributed by atoms with Gasteiger partial charge >= 0.3 is 0 Å². The van der Waals surface area contributed by atoms with E-state index in [0.717, 1.165) is 18.5 Å². The first-order valence-electron chi connectivity index (χ1n) is 5.97. The molecule has 3 heteroatoms. The minimum absolute atomic E-state index is 0.240. The standard InChI is InChI=1S/C14H18N2O/c1-3-12-5-4-7-16-14(12)13(15-2)9-11-6-8-17-10-11/h4-8,10,13,15H,3,9H2,1-2H3. The number of pyridine rings is 1. The molecule has 17 heavy (non-hydrogen) atoms. The van der Waals surface area contributed by atoms with Crippen LogP contribution in [0.5, 0.6) is 0 Å². The zero-order valence-electron chi connectivity index (χ0n) is 10.3. The molecule has 2 aromatic heterocycles. The van der Waals surface area contributed by atoms with Gasteiger partial charge in [-0.15, -0.1) is 0 Å². The van der Waals surface area contributed by atoms with Crippen molar-refractivity contribution in [3.05, 3.63) is 53.7 Å². The molecule has 0 saturated carbocycles. The number of hydrogen-bond acceptors (Lipinski definition) is 3. The minimum atomic E-state index is 0.240. The molecular formula is C14H18N2O. The van der Waals surface area contributed by atoms with E-state index in [-0.39, 0.29) is 6.04 Å². The van der Waals surface area contributed by atoms with Crippen molar-refractivity contribution < 1.29 is 4.42 Å². The lowest BCUT2D eigenvalue weighted by Gasteiger charge is -2.17. The molecule has 1 N–H and O–H groups in total. The van der Waals surface area contributed by atoms with Crippen LogP contribution in [0.1, 0.15) is 29.8 Å². The zero-order valence-corrected chi connectivity index (χ0v) is 10.3. The lowest BCUT2D eigenvalue weighted by molar-refractivity contribution is 0.545. The van der Waals surface area contributed by atoms with Crippen molar-refractivity contribution >= 4 is 0 Å². The second kappa shape index (κ2) is 5.64. The summed E-state index contributed by atoms with van der Waals surface area (Å²) < 4.78 is 5.10. The summed E-state index contributed by atoms with van der Waals surface area (Å²) in [5.74, 6) is 0. The highest BCUT2D eigenvalue weighted by atomic mass is 16.3. The summed E-state index contributed by atoms with van der Waals surface area (Å²) in [5, 5.41) is 3.33. The number of furan rings is 1. The Morgan fingerprint density at radius 2 is 2.29 bits per heavy atom. The van der Waals surface area contributed by atoms with Gasteiger partial charge in [0.2, 0.25) is 0 Å². The van der Waals surface area contributed by atoms with Crippen molar-refractivity contribution in [1.82, 2.24) is 10.3 Å². The van der Waals surface area contributed by atoms with E-state index in [0.29, 0.717) is 0 Å². The van der Waals surface area contributed by atoms with Crippen molar-refractivity contribution in [1.29, 1.82) is 0 Å². The van der Waals surface area contributed by atoms with Crippen molar-refractivity contribution in [3.8, 4) is 0 Å². The molecular weight excluding hydrogens is 212 g/mol. The summed E-state index contributed by atoms with van der Waals surface area (Å²) in [6.07, 6.45) is 7.26.